The molecule has 1 fully saturated rings. The summed E-state index contributed by atoms with van der Waals surface area (Å²) in [5.74, 6) is -0.372. The van der Waals surface area contributed by atoms with E-state index in [1.807, 2.05) is 18.2 Å². The van der Waals surface area contributed by atoms with Crippen LogP contribution in [0.25, 0.3) is 0 Å². The Kier molecular flexibility index (Phi) is 7.19. The SMILES string of the molecule is O=C(NC1CCN(C(=O)c2cccc(S(=O)(=O)Nc3cccc(Cl)c3)c2)CC1)c1ccccc1. The molecule has 0 saturated carbocycles. The average Bonchev–Trinajstić information content (AvgIpc) is 2.84. The van der Waals surface area contributed by atoms with E-state index < -0.39 is 10.0 Å². The quantitative estimate of drug-likeness (QED) is 0.534. The van der Waals surface area contributed by atoms with Crippen LogP contribution in [0.5, 0.6) is 0 Å². The summed E-state index contributed by atoms with van der Waals surface area (Å²) < 4.78 is 28.1. The van der Waals surface area contributed by atoms with Crippen LogP contribution in [-0.2, 0) is 10.0 Å². The Bertz CT molecular complexity index is 1290. The molecule has 1 saturated heterocycles. The molecule has 2 amide bonds. The number of sulfonamides is 1. The van der Waals surface area contributed by atoms with Gasteiger partial charge in [0.25, 0.3) is 21.8 Å². The van der Waals surface area contributed by atoms with Crippen LogP contribution in [0.2, 0.25) is 5.02 Å². The van der Waals surface area contributed by atoms with Crippen LogP contribution in [0.4, 0.5) is 5.69 Å². The van der Waals surface area contributed by atoms with Crippen LogP contribution >= 0.6 is 11.6 Å². The molecule has 1 heterocycles. The Hall–Kier alpha value is -3.36. The molecule has 3 aromatic carbocycles. The molecule has 1 aliphatic heterocycles. The number of nitrogens with one attached hydrogen (secondary N) is 2. The normalized spacial score (nSPS) is 14.4. The highest BCUT2D eigenvalue weighted by Crippen LogP contribution is 2.21. The first-order valence-electron chi connectivity index (χ1n) is 10.9. The minimum atomic E-state index is -3.89. The monoisotopic (exact) mass is 497 g/mol. The molecule has 0 aromatic heterocycles. The lowest BCUT2D eigenvalue weighted by molar-refractivity contribution is 0.0698. The van der Waals surface area contributed by atoms with Crippen molar-refractivity contribution in [2.24, 2.45) is 0 Å². The van der Waals surface area contributed by atoms with Gasteiger partial charge in [-0.25, -0.2) is 8.42 Å². The van der Waals surface area contributed by atoms with Crippen molar-refractivity contribution in [1.29, 1.82) is 0 Å². The minimum absolute atomic E-state index is 0.0108. The van der Waals surface area contributed by atoms with Crippen LogP contribution in [0.1, 0.15) is 33.6 Å². The van der Waals surface area contributed by atoms with Gasteiger partial charge in [-0.3, -0.25) is 14.3 Å². The van der Waals surface area contributed by atoms with E-state index in [2.05, 4.69) is 10.0 Å². The van der Waals surface area contributed by atoms with Crippen molar-refractivity contribution in [2.45, 2.75) is 23.8 Å². The maximum atomic E-state index is 13.0. The van der Waals surface area contributed by atoms with Gasteiger partial charge < -0.3 is 10.2 Å². The fourth-order valence-electron chi connectivity index (χ4n) is 3.83. The van der Waals surface area contributed by atoms with E-state index in [1.54, 1.807) is 47.4 Å². The number of carbonyl (C=O) groups is 2. The number of hydrogen-bond acceptors (Lipinski definition) is 4. The molecule has 34 heavy (non-hydrogen) atoms. The first-order valence-corrected chi connectivity index (χ1v) is 12.7. The molecule has 4 rings (SSSR count). The molecular formula is C25H24ClN3O4S. The number of benzene rings is 3. The number of likely N-dealkylation sites (tertiary alicyclic amines) is 1. The third-order valence-corrected chi connectivity index (χ3v) is 7.24. The molecule has 0 bridgehead atoms. The largest absolute Gasteiger partial charge is 0.349 e. The van der Waals surface area contributed by atoms with Gasteiger partial charge >= 0.3 is 0 Å². The summed E-state index contributed by atoms with van der Waals surface area (Å²) in [6, 6.07) is 21.3. The second-order valence-electron chi connectivity index (χ2n) is 8.05. The summed E-state index contributed by atoms with van der Waals surface area (Å²) in [5.41, 5.74) is 1.23. The number of hydrogen-bond donors (Lipinski definition) is 2. The number of rotatable bonds is 6. The molecule has 0 aliphatic carbocycles. The van der Waals surface area contributed by atoms with E-state index in [-0.39, 0.29) is 22.8 Å². The van der Waals surface area contributed by atoms with E-state index in [0.29, 0.717) is 47.8 Å². The predicted octanol–water partition coefficient (Wildman–Crippen LogP) is 4.18. The zero-order chi connectivity index (χ0) is 24.1. The Balaban J connectivity index is 1.38. The van der Waals surface area contributed by atoms with Gasteiger partial charge in [0.2, 0.25) is 0 Å². The highest BCUT2D eigenvalue weighted by Gasteiger charge is 2.26. The second-order valence-corrected chi connectivity index (χ2v) is 10.2. The molecule has 0 spiro atoms. The maximum Gasteiger partial charge on any atom is 0.261 e. The maximum absolute atomic E-state index is 13.0. The fourth-order valence-corrected chi connectivity index (χ4v) is 5.12. The number of nitrogens with zero attached hydrogens (tertiary/aromatic N) is 1. The van der Waals surface area contributed by atoms with Crippen LogP contribution in [-0.4, -0.2) is 44.3 Å². The second kappa shape index (κ2) is 10.3. The van der Waals surface area contributed by atoms with Crippen molar-refractivity contribution in [1.82, 2.24) is 10.2 Å². The van der Waals surface area contributed by atoms with Crippen molar-refractivity contribution < 1.29 is 18.0 Å². The summed E-state index contributed by atoms with van der Waals surface area (Å²) in [6.07, 6.45) is 1.25. The van der Waals surface area contributed by atoms with Gasteiger partial charge in [0, 0.05) is 35.3 Å². The molecule has 0 radical (unpaired) electrons. The topological polar surface area (TPSA) is 95.6 Å². The number of amides is 2. The van der Waals surface area contributed by atoms with Crippen molar-refractivity contribution >= 4 is 39.1 Å². The zero-order valence-electron chi connectivity index (χ0n) is 18.3. The molecule has 176 valence electrons. The summed E-state index contributed by atoms with van der Waals surface area (Å²) in [4.78, 5) is 27.1. The number of piperidine rings is 1. The number of halogens is 1. The highest BCUT2D eigenvalue weighted by molar-refractivity contribution is 7.92. The first kappa shape index (κ1) is 23.8. The lowest BCUT2D eigenvalue weighted by atomic mass is 10.0. The first-order chi connectivity index (χ1) is 16.3. The van der Waals surface area contributed by atoms with Crippen molar-refractivity contribution in [3.05, 3.63) is 95.0 Å². The molecule has 2 N–H and O–H groups in total. The number of anilines is 1. The molecule has 9 heteroatoms. The van der Waals surface area contributed by atoms with Gasteiger partial charge in [-0.15, -0.1) is 0 Å². The Morgan fingerprint density at radius 2 is 1.53 bits per heavy atom. The van der Waals surface area contributed by atoms with Crippen molar-refractivity contribution in [3.8, 4) is 0 Å². The third kappa shape index (κ3) is 5.76. The molecule has 7 nitrogen and oxygen atoms in total. The van der Waals surface area contributed by atoms with E-state index >= 15 is 0 Å². The van der Waals surface area contributed by atoms with E-state index in [0.717, 1.165) is 0 Å². The van der Waals surface area contributed by atoms with Gasteiger partial charge in [-0.2, -0.15) is 0 Å². The van der Waals surface area contributed by atoms with Gasteiger partial charge in [0.05, 0.1) is 10.6 Å². The predicted molar refractivity (Wildman–Crippen MR) is 132 cm³/mol. The van der Waals surface area contributed by atoms with Crippen molar-refractivity contribution in [3.63, 3.8) is 0 Å². The Morgan fingerprint density at radius 1 is 0.853 bits per heavy atom. The van der Waals surface area contributed by atoms with Gasteiger partial charge in [-0.1, -0.05) is 41.9 Å². The van der Waals surface area contributed by atoms with Crippen LogP contribution in [0.3, 0.4) is 0 Å². The molecule has 0 unspecified atom stereocenters. The molecule has 3 aromatic rings. The summed E-state index contributed by atoms with van der Waals surface area (Å²) in [5, 5.41) is 3.43. The lowest BCUT2D eigenvalue weighted by Gasteiger charge is -2.32. The minimum Gasteiger partial charge on any atom is -0.349 e. The van der Waals surface area contributed by atoms with Crippen LogP contribution in [0, 0.1) is 0 Å². The molecular weight excluding hydrogens is 474 g/mol. The summed E-state index contributed by atoms with van der Waals surface area (Å²) in [7, 11) is -3.89. The van der Waals surface area contributed by atoms with E-state index in [4.69, 9.17) is 11.6 Å². The average molecular weight is 498 g/mol. The number of carbonyl (C=O) groups excluding carboxylic acids is 2. The van der Waals surface area contributed by atoms with Crippen molar-refractivity contribution in [2.75, 3.05) is 17.8 Å². The van der Waals surface area contributed by atoms with E-state index in [1.165, 1.54) is 18.2 Å². The fraction of sp³-hybridized carbons (Fsp3) is 0.200. The van der Waals surface area contributed by atoms with Gasteiger partial charge in [0.1, 0.15) is 0 Å². The summed E-state index contributed by atoms with van der Waals surface area (Å²) in [6.45, 7) is 0.937. The van der Waals surface area contributed by atoms with Gasteiger partial charge in [-0.05, 0) is 61.4 Å². The zero-order valence-corrected chi connectivity index (χ0v) is 19.9. The highest BCUT2D eigenvalue weighted by atomic mass is 35.5. The van der Waals surface area contributed by atoms with Gasteiger partial charge in [0.15, 0.2) is 0 Å². The van der Waals surface area contributed by atoms with E-state index in [9.17, 15) is 18.0 Å². The van der Waals surface area contributed by atoms with Crippen LogP contribution < -0.4 is 10.0 Å². The smallest absolute Gasteiger partial charge is 0.261 e. The molecule has 0 atom stereocenters. The lowest BCUT2D eigenvalue weighted by Crippen LogP contribution is -2.46. The van der Waals surface area contributed by atoms with Crippen LogP contribution in [0.15, 0.2) is 83.8 Å². The Labute approximate surface area is 203 Å². The Morgan fingerprint density at radius 3 is 2.24 bits per heavy atom. The third-order valence-electron chi connectivity index (χ3n) is 5.62. The summed E-state index contributed by atoms with van der Waals surface area (Å²) >= 11 is 5.93. The molecule has 1 aliphatic rings. The standard InChI is InChI=1S/C25H24ClN3O4S/c26-20-9-5-10-22(17-20)28-34(32,33)23-11-4-8-19(16-23)25(31)29-14-12-21(13-15-29)27-24(30)18-6-2-1-3-7-18/h1-11,16-17,21,28H,12-15H2,(H,27,30).